The van der Waals surface area contributed by atoms with Crippen LogP contribution in [0.3, 0.4) is 0 Å². The molecule has 23 heavy (non-hydrogen) atoms. The third-order valence-electron chi connectivity index (χ3n) is 4.91. The fourth-order valence-corrected chi connectivity index (χ4v) is 3.53. The molecule has 0 amide bonds. The summed E-state index contributed by atoms with van der Waals surface area (Å²) in [5, 5.41) is 39.3. The third kappa shape index (κ3) is 3.13. The zero-order valence-corrected chi connectivity index (χ0v) is 13.2. The molecule has 2 fully saturated rings. The molecule has 0 aromatic carbocycles. The summed E-state index contributed by atoms with van der Waals surface area (Å²) in [4.78, 5) is 2.28. The normalized spacial score (nSPS) is 38.8. The van der Waals surface area contributed by atoms with Gasteiger partial charge in [0.25, 0.3) is 6.23 Å². The highest BCUT2D eigenvalue weighted by atomic mass is 16.6. The summed E-state index contributed by atoms with van der Waals surface area (Å²) in [5.74, 6) is 0. The topological polar surface area (TPSA) is 97.3 Å². The monoisotopic (exact) mass is 325 g/mol. The van der Waals surface area contributed by atoms with Crippen LogP contribution in [0.1, 0.15) is 30.7 Å². The van der Waals surface area contributed by atoms with Crippen molar-refractivity contribution in [1.82, 2.24) is 4.90 Å². The number of pyridine rings is 1. The maximum Gasteiger partial charge on any atom is 0.292 e. The van der Waals surface area contributed by atoms with Gasteiger partial charge in [-0.2, -0.15) is 4.57 Å². The van der Waals surface area contributed by atoms with Crippen molar-refractivity contribution in [2.24, 2.45) is 0 Å². The van der Waals surface area contributed by atoms with E-state index in [0.29, 0.717) is 6.04 Å². The highest BCUT2D eigenvalue weighted by molar-refractivity contribution is 5.13. The predicted octanol–water partition coefficient (Wildman–Crippen LogP) is -1.29. The van der Waals surface area contributed by atoms with E-state index in [1.165, 1.54) is 0 Å². The van der Waals surface area contributed by atoms with E-state index in [4.69, 9.17) is 4.74 Å². The minimum atomic E-state index is -1.36. The van der Waals surface area contributed by atoms with Crippen LogP contribution in [0.5, 0.6) is 0 Å². The quantitative estimate of drug-likeness (QED) is 0.517. The van der Waals surface area contributed by atoms with Gasteiger partial charge in [-0.1, -0.05) is 0 Å². The standard InChI is InChI=1S/C16H25N2O5/c1-17-6-3-5-11(17)10-4-2-7-18(8-10)16-15(22)14(21)13(20)12(9-19)23-16/h2,4,7-8,11-16,19-22H,3,5-6,9H2,1H3/q+1/t11-,12?,13?,14?,15?,16?/m0/s1. The number of likely N-dealkylation sites (tertiary alicyclic amines) is 1. The molecule has 0 bridgehead atoms. The minimum Gasteiger partial charge on any atom is -0.394 e. The first-order chi connectivity index (χ1) is 11.0. The van der Waals surface area contributed by atoms with Crippen LogP contribution in [0.2, 0.25) is 0 Å². The molecule has 2 saturated heterocycles. The lowest BCUT2D eigenvalue weighted by Gasteiger charge is -2.36. The molecule has 5 unspecified atom stereocenters. The van der Waals surface area contributed by atoms with Gasteiger partial charge < -0.3 is 25.2 Å². The van der Waals surface area contributed by atoms with Crippen molar-refractivity contribution in [3.8, 4) is 0 Å². The molecular formula is C16H25N2O5+. The van der Waals surface area contributed by atoms with Gasteiger partial charge in [0.1, 0.15) is 18.3 Å². The zero-order chi connectivity index (χ0) is 16.6. The molecule has 3 heterocycles. The summed E-state index contributed by atoms with van der Waals surface area (Å²) in [6, 6.07) is 4.24. The molecule has 2 aliphatic heterocycles. The average molecular weight is 325 g/mol. The van der Waals surface area contributed by atoms with Gasteiger partial charge >= 0.3 is 0 Å². The van der Waals surface area contributed by atoms with E-state index in [2.05, 4.69) is 11.9 Å². The number of nitrogens with zero attached hydrogens (tertiary/aromatic N) is 2. The number of aliphatic hydroxyl groups excluding tert-OH is 4. The first kappa shape index (κ1) is 16.8. The number of aliphatic hydroxyl groups is 4. The molecule has 3 rings (SSSR count). The Labute approximate surface area is 135 Å². The average Bonchev–Trinajstić information content (AvgIpc) is 2.99. The second kappa shape index (κ2) is 6.80. The number of aromatic nitrogens is 1. The van der Waals surface area contributed by atoms with Crippen molar-refractivity contribution in [2.75, 3.05) is 20.2 Å². The summed E-state index contributed by atoms with van der Waals surface area (Å²) in [5.41, 5.74) is 1.12. The van der Waals surface area contributed by atoms with E-state index in [9.17, 15) is 20.4 Å². The number of ether oxygens (including phenoxy) is 1. The van der Waals surface area contributed by atoms with E-state index < -0.39 is 37.3 Å². The number of hydrogen-bond acceptors (Lipinski definition) is 6. The Morgan fingerprint density at radius 3 is 2.70 bits per heavy atom. The van der Waals surface area contributed by atoms with Crippen LogP contribution in [0.15, 0.2) is 24.5 Å². The highest BCUT2D eigenvalue weighted by Gasteiger charge is 2.48. The highest BCUT2D eigenvalue weighted by Crippen LogP contribution is 2.30. The number of rotatable bonds is 3. The Balaban J connectivity index is 1.85. The molecule has 1 aromatic rings. The Hall–Kier alpha value is -1.09. The van der Waals surface area contributed by atoms with E-state index in [0.717, 1.165) is 24.9 Å². The fraction of sp³-hybridized carbons (Fsp3) is 0.688. The van der Waals surface area contributed by atoms with Crippen molar-refractivity contribution in [3.05, 3.63) is 30.1 Å². The van der Waals surface area contributed by atoms with Crippen molar-refractivity contribution in [3.63, 3.8) is 0 Å². The van der Waals surface area contributed by atoms with Gasteiger partial charge in [-0.05, 0) is 32.5 Å². The lowest BCUT2D eigenvalue weighted by Crippen LogP contribution is -2.62. The summed E-state index contributed by atoms with van der Waals surface area (Å²) in [6.07, 6.45) is 0.165. The zero-order valence-electron chi connectivity index (χ0n) is 13.2. The Morgan fingerprint density at radius 2 is 2.04 bits per heavy atom. The summed E-state index contributed by atoms with van der Waals surface area (Å²) < 4.78 is 7.30. The van der Waals surface area contributed by atoms with Gasteiger partial charge in [0.05, 0.1) is 6.61 Å². The summed E-state index contributed by atoms with van der Waals surface area (Å²) in [7, 11) is 2.09. The smallest absolute Gasteiger partial charge is 0.292 e. The molecule has 7 heteroatoms. The van der Waals surface area contributed by atoms with Crippen LogP contribution in [-0.4, -0.2) is 69.9 Å². The van der Waals surface area contributed by atoms with Crippen LogP contribution in [0, 0.1) is 0 Å². The van der Waals surface area contributed by atoms with Crippen molar-refractivity contribution in [2.45, 2.75) is 49.5 Å². The third-order valence-corrected chi connectivity index (χ3v) is 4.91. The van der Waals surface area contributed by atoms with Gasteiger partial charge in [-0.3, -0.25) is 4.90 Å². The minimum absolute atomic E-state index is 0.326. The van der Waals surface area contributed by atoms with Crippen LogP contribution in [0.25, 0.3) is 0 Å². The maximum absolute atomic E-state index is 10.2. The van der Waals surface area contributed by atoms with Gasteiger partial charge in [0, 0.05) is 17.7 Å². The van der Waals surface area contributed by atoms with E-state index in [1.807, 2.05) is 18.3 Å². The summed E-state index contributed by atoms with van der Waals surface area (Å²) >= 11 is 0. The molecule has 1 aromatic heterocycles. The second-order valence-electron chi connectivity index (χ2n) is 6.44. The fourth-order valence-electron chi connectivity index (χ4n) is 3.53. The molecule has 0 saturated carbocycles. The molecule has 7 nitrogen and oxygen atoms in total. The molecule has 0 aliphatic carbocycles. The molecule has 4 N–H and O–H groups in total. The molecule has 128 valence electrons. The Morgan fingerprint density at radius 1 is 1.26 bits per heavy atom. The molecule has 6 atom stereocenters. The van der Waals surface area contributed by atoms with Crippen molar-refractivity contribution in [1.29, 1.82) is 0 Å². The van der Waals surface area contributed by atoms with Gasteiger partial charge in [-0.25, -0.2) is 0 Å². The second-order valence-corrected chi connectivity index (χ2v) is 6.44. The maximum atomic E-state index is 10.2. The first-order valence-electron chi connectivity index (χ1n) is 8.04. The molecular weight excluding hydrogens is 300 g/mol. The van der Waals surface area contributed by atoms with Gasteiger partial charge in [-0.15, -0.1) is 0 Å². The van der Waals surface area contributed by atoms with Gasteiger partial charge in [0.2, 0.25) is 0 Å². The van der Waals surface area contributed by atoms with E-state index in [1.54, 1.807) is 10.8 Å². The van der Waals surface area contributed by atoms with Crippen LogP contribution in [0.4, 0.5) is 0 Å². The molecule has 0 spiro atoms. The molecule has 2 aliphatic rings. The van der Waals surface area contributed by atoms with E-state index in [-0.39, 0.29) is 0 Å². The van der Waals surface area contributed by atoms with Gasteiger partial charge in [0.15, 0.2) is 18.5 Å². The summed E-state index contributed by atoms with van der Waals surface area (Å²) in [6.45, 7) is 0.632. The SMILES string of the molecule is CN1CCC[C@H]1c1ccc[n+](C2OC(CO)C(O)C(O)C2O)c1. The first-order valence-corrected chi connectivity index (χ1v) is 8.04. The lowest BCUT2D eigenvalue weighted by molar-refractivity contribution is -0.778. The van der Waals surface area contributed by atoms with E-state index >= 15 is 0 Å². The van der Waals surface area contributed by atoms with Crippen LogP contribution in [-0.2, 0) is 4.74 Å². The largest absolute Gasteiger partial charge is 0.394 e. The Kier molecular flexibility index (Phi) is 4.96. The Bertz CT molecular complexity index is 541. The van der Waals surface area contributed by atoms with Crippen molar-refractivity contribution < 1.29 is 29.7 Å². The van der Waals surface area contributed by atoms with Crippen LogP contribution < -0.4 is 4.57 Å². The van der Waals surface area contributed by atoms with Crippen molar-refractivity contribution >= 4 is 0 Å². The predicted molar refractivity (Wildman–Crippen MR) is 80.3 cm³/mol. The van der Waals surface area contributed by atoms with Crippen LogP contribution >= 0.6 is 0 Å². The number of hydrogen-bond donors (Lipinski definition) is 4. The lowest BCUT2D eigenvalue weighted by atomic mass is 9.98. The molecule has 0 radical (unpaired) electrons.